The molecule has 2 aromatic rings. The third-order valence-electron chi connectivity index (χ3n) is 2.34. The maximum atomic E-state index is 10.7. The van der Waals surface area contributed by atoms with E-state index in [2.05, 4.69) is 15.3 Å². The first kappa shape index (κ1) is 12.8. The second-order valence-electron chi connectivity index (χ2n) is 3.68. The summed E-state index contributed by atoms with van der Waals surface area (Å²) in [5.41, 5.74) is 0.981. The lowest BCUT2D eigenvalue weighted by atomic mass is 10.2. The normalized spacial score (nSPS) is 9.95. The second kappa shape index (κ2) is 5.81. The molecule has 1 aromatic heterocycles. The third kappa shape index (κ3) is 3.41. The molecule has 0 saturated carbocycles. The lowest BCUT2D eigenvalue weighted by Crippen LogP contribution is -1.99. The summed E-state index contributed by atoms with van der Waals surface area (Å²) in [6, 6.07) is 8.07. The van der Waals surface area contributed by atoms with Crippen molar-refractivity contribution < 1.29 is 14.6 Å². The van der Waals surface area contributed by atoms with E-state index in [1.165, 1.54) is 18.5 Å². The zero-order valence-corrected chi connectivity index (χ0v) is 10.3. The fourth-order valence-corrected chi connectivity index (χ4v) is 1.48. The van der Waals surface area contributed by atoms with Gasteiger partial charge < -0.3 is 15.2 Å². The Balaban J connectivity index is 2.12. The number of rotatable bonds is 5. The highest BCUT2D eigenvalue weighted by Crippen LogP contribution is 2.17. The van der Waals surface area contributed by atoms with E-state index in [0.717, 1.165) is 5.69 Å². The van der Waals surface area contributed by atoms with Crippen LogP contribution in [0.25, 0.3) is 0 Å². The van der Waals surface area contributed by atoms with E-state index in [1.807, 2.05) is 6.92 Å². The number of anilines is 2. The molecule has 0 radical (unpaired) electrons. The lowest BCUT2D eigenvalue weighted by molar-refractivity contribution is 0.0697. The molecule has 6 nitrogen and oxygen atoms in total. The van der Waals surface area contributed by atoms with Gasteiger partial charge in [-0.1, -0.05) is 0 Å². The smallest absolute Gasteiger partial charge is 0.335 e. The highest BCUT2D eigenvalue weighted by atomic mass is 16.5. The highest BCUT2D eigenvalue weighted by molar-refractivity contribution is 5.88. The van der Waals surface area contributed by atoms with Crippen molar-refractivity contribution in [2.75, 3.05) is 11.9 Å². The maximum Gasteiger partial charge on any atom is 0.335 e. The number of aromatic carboxylic acids is 1. The summed E-state index contributed by atoms with van der Waals surface area (Å²) in [6.45, 7) is 2.41. The van der Waals surface area contributed by atoms with Crippen molar-refractivity contribution in [2.45, 2.75) is 6.92 Å². The van der Waals surface area contributed by atoms with Crippen LogP contribution >= 0.6 is 0 Å². The average Bonchev–Trinajstić information content (AvgIpc) is 2.40. The van der Waals surface area contributed by atoms with Gasteiger partial charge in [-0.15, -0.1) is 0 Å². The first-order chi connectivity index (χ1) is 9.19. The molecule has 2 rings (SSSR count). The van der Waals surface area contributed by atoms with Gasteiger partial charge in [0.2, 0.25) is 5.88 Å². The summed E-state index contributed by atoms with van der Waals surface area (Å²) < 4.78 is 5.27. The molecule has 0 atom stereocenters. The van der Waals surface area contributed by atoms with Gasteiger partial charge >= 0.3 is 5.97 Å². The van der Waals surface area contributed by atoms with Crippen molar-refractivity contribution in [3.8, 4) is 5.88 Å². The van der Waals surface area contributed by atoms with Crippen LogP contribution < -0.4 is 10.1 Å². The first-order valence-electron chi connectivity index (χ1n) is 5.74. The number of carboxylic acids is 1. The van der Waals surface area contributed by atoms with E-state index in [0.29, 0.717) is 18.3 Å². The van der Waals surface area contributed by atoms with Gasteiger partial charge in [-0.05, 0) is 31.2 Å². The molecular formula is C13H13N3O3. The molecule has 2 N–H and O–H groups in total. The zero-order valence-electron chi connectivity index (χ0n) is 10.3. The molecular weight excluding hydrogens is 246 g/mol. The maximum absolute atomic E-state index is 10.7. The van der Waals surface area contributed by atoms with E-state index in [-0.39, 0.29) is 5.56 Å². The monoisotopic (exact) mass is 259 g/mol. The number of aromatic nitrogens is 2. The molecule has 0 aliphatic rings. The minimum Gasteiger partial charge on any atom is -0.478 e. The summed E-state index contributed by atoms with van der Waals surface area (Å²) in [6.07, 6.45) is 1.40. The Hall–Kier alpha value is -2.63. The van der Waals surface area contributed by atoms with Crippen LogP contribution in [0.1, 0.15) is 17.3 Å². The number of benzene rings is 1. The van der Waals surface area contributed by atoms with E-state index in [1.54, 1.807) is 18.2 Å². The number of carbonyl (C=O) groups is 1. The Kier molecular flexibility index (Phi) is 3.92. The van der Waals surface area contributed by atoms with Crippen LogP contribution in [0.4, 0.5) is 11.5 Å². The van der Waals surface area contributed by atoms with Crippen molar-refractivity contribution >= 4 is 17.5 Å². The number of hydrogen-bond donors (Lipinski definition) is 2. The van der Waals surface area contributed by atoms with Crippen LogP contribution in [0.5, 0.6) is 5.88 Å². The standard InChI is InChI=1S/C13H13N3O3/c1-2-19-12-7-11(14-8-15-12)16-10-5-3-9(4-6-10)13(17)18/h3-8H,2H2,1H3,(H,17,18)(H,14,15,16). The number of nitrogens with zero attached hydrogens (tertiary/aromatic N) is 2. The van der Waals surface area contributed by atoms with Crippen molar-refractivity contribution in [1.82, 2.24) is 9.97 Å². The van der Waals surface area contributed by atoms with Crippen LogP contribution in [0.15, 0.2) is 36.7 Å². The Labute approximate surface area is 110 Å². The molecule has 0 amide bonds. The topological polar surface area (TPSA) is 84.3 Å². The molecule has 0 saturated heterocycles. The fourth-order valence-electron chi connectivity index (χ4n) is 1.48. The van der Waals surface area contributed by atoms with Gasteiger partial charge in [0.15, 0.2) is 0 Å². The summed E-state index contributed by atoms with van der Waals surface area (Å²) >= 11 is 0. The van der Waals surface area contributed by atoms with E-state index < -0.39 is 5.97 Å². The summed E-state index contributed by atoms with van der Waals surface area (Å²) in [5, 5.41) is 11.8. The molecule has 6 heteroatoms. The highest BCUT2D eigenvalue weighted by Gasteiger charge is 2.03. The lowest BCUT2D eigenvalue weighted by Gasteiger charge is -2.07. The van der Waals surface area contributed by atoms with E-state index in [9.17, 15) is 4.79 Å². The van der Waals surface area contributed by atoms with Gasteiger partial charge in [0.1, 0.15) is 12.1 Å². The van der Waals surface area contributed by atoms with Crippen LogP contribution in [-0.2, 0) is 0 Å². The van der Waals surface area contributed by atoms with Crippen LogP contribution in [-0.4, -0.2) is 27.7 Å². The predicted molar refractivity (Wildman–Crippen MR) is 69.9 cm³/mol. The molecule has 0 bridgehead atoms. The summed E-state index contributed by atoms with van der Waals surface area (Å²) in [7, 11) is 0. The predicted octanol–water partition coefficient (Wildman–Crippen LogP) is 2.32. The van der Waals surface area contributed by atoms with Crippen molar-refractivity contribution in [3.63, 3.8) is 0 Å². The third-order valence-corrected chi connectivity index (χ3v) is 2.34. The SMILES string of the molecule is CCOc1cc(Nc2ccc(C(=O)O)cc2)ncn1. The van der Waals surface area contributed by atoms with Gasteiger partial charge in [-0.25, -0.2) is 14.8 Å². The van der Waals surface area contributed by atoms with Crippen LogP contribution in [0.2, 0.25) is 0 Å². The van der Waals surface area contributed by atoms with Gasteiger partial charge in [-0.3, -0.25) is 0 Å². The molecule has 0 fully saturated rings. The van der Waals surface area contributed by atoms with Crippen molar-refractivity contribution in [3.05, 3.63) is 42.2 Å². The Morgan fingerprint density at radius 1 is 1.32 bits per heavy atom. The molecule has 0 unspecified atom stereocenters. The number of carboxylic acid groups (broad SMARTS) is 1. The number of hydrogen-bond acceptors (Lipinski definition) is 5. The van der Waals surface area contributed by atoms with E-state index in [4.69, 9.17) is 9.84 Å². The Bertz CT molecular complexity index is 570. The average molecular weight is 259 g/mol. The van der Waals surface area contributed by atoms with Gasteiger partial charge in [0, 0.05) is 11.8 Å². The number of nitrogens with one attached hydrogen (secondary N) is 1. The number of ether oxygens (including phenoxy) is 1. The molecule has 1 aromatic carbocycles. The van der Waals surface area contributed by atoms with E-state index >= 15 is 0 Å². The van der Waals surface area contributed by atoms with Crippen molar-refractivity contribution in [1.29, 1.82) is 0 Å². The minimum atomic E-state index is -0.952. The van der Waals surface area contributed by atoms with Crippen LogP contribution in [0.3, 0.4) is 0 Å². The van der Waals surface area contributed by atoms with Gasteiger partial charge in [0.05, 0.1) is 12.2 Å². The molecule has 0 aliphatic heterocycles. The molecule has 0 spiro atoms. The quantitative estimate of drug-likeness (QED) is 0.857. The summed E-state index contributed by atoms with van der Waals surface area (Å²) in [5.74, 6) is 0.121. The largest absolute Gasteiger partial charge is 0.478 e. The second-order valence-corrected chi connectivity index (χ2v) is 3.68. The summed E-state index contributed by atoms with van der Waals surface area (Å²) in [4.78, 5) is 18.7. The van der Waals surface area contributed by atoms with Crippen LogP contribution in [0, 0.1) is 0 Å². The Morgan fingerprint density at radius 3 is 2.68 bits per heavy atom. The van der Waals surface area contributed by atoms with Crippen molar-refractivity contribution in [2.24, 2.45) is 0 Å². The minimum absolute atomic E-state index is 0.239. The fraction of sp³-hybridized carbons (Fsp3) is 0.154. The first-order valence-corrected chi connectivity index (χ1v) is 5.74. The Morgan fingerprint density at radius 2 is 2.05 bits per heavy atom. The molecule has 1 heterocycles. The zero-order chi connectivity index (χ0) is 13.7. The molecule has 98 valence electrons. The molecule has 0 aliphatic carbocycles. The van der Waals surface area contributed by atoms with Gasteiger partial charge in [-0.2, -0.15) is 0 Å². The van der Waals surface area contributed by atoms with Gasteiger partial charge in [0.25, 0.3) is 0 Å². The molecule has 19 heavy (non-hydrogen) atoms.